The zero-order chi connectivity index (χ0) is 18.3. The van der Waals surface area contributed by atoms with Gasteiger partial charge in [0.1, 0.15) is 11.6 Å². The molecular formula is C19H12F2N2O2S. The Morgan fingerprint density at radius 2 is 1.81 bits per heavy atom. The van der Waals surface area contributed by atoms with Gasteiger partial charge in [0.2, 0.25) is 5.12 Å². The van der Waals surface area contributed by atoms with Gasteiger partial charge in [0.05, 0.1) is 5.70 Å². The Morgan fingerprint density at radius 3 is 2.50 bits per heavy atom. The summed E-state index contributed by atoms with van der Waals surface area (Å²) >= 11 is 0.618. The van der Waals surface area contributed by atoms with Crippen molar-refractivity contribution in [3.8, 4) is 0 Å². The average Bonchev–Trinajstić information content (AvgIpc) is 3.07. The van der Waals surface area contributed by atoms with Gasteiger partial charge in [-0.05, 0) is 29.8 Å². The summed E-state index contributed by atoms with van der Waals surface area (Å²) in [5.41, 5.74) is 2.31. The van der Waals surface area contributed by atoms with Crippen molar-refractivity contribution in [3.63, 3.8) is 0 Å². The summed E-state index contributed by atoms with van der Waals surface area (Å²) < 4.78 is 28.8. The standard InChI is InChI=1S/C19H12F2N2O2S/c20-13-5-11(6-14(21)8-13)9-23-10-12(15-3-1-2-4-17(15)23)7-16-18(24)26-19(25)22-16/h1-8,10H,9H2,(H,22,25). The Morgan fingerprint density at radius 1 is 1.08 bits per heavy atom. The highest BCUT2D eigenvalue weighted by Gasteiger charge is 2.25. The predicted molar refractivity (Wildman–Crippen MR) is 96.5 cm³/mol. The van der Waals surface area contributed by atoms with Gasteiger partial charge in [-0.2, -0.15) is 0 Å². The van der Waals surface area contributed by atoms with Gasteiger partial charge < -0.3 is 9.88 Å². The summed E-state index contributed by atoms with van der Waals surface area (Å²) in [4.78, 5) is 23.2. The minimum Gasteiger partial charge on any atom is -0.342 e. The molecule has 1 aliphatic heterocycles. The predicted octanol–water partition coefficient (Wildman–Crippen LogP) is 4.29. The van der Waals surface area contributed by atoms with Gasteiger partial charge in [-0.1, -0.05) is 18.2 Å². The van der Waals surface area contributed by atoms with E-state index in [1.54, 1.807) is 12.3 Å². The first-order chi connectivity index (χ1) is 12.5. The number of thioether (sulfide) groups is 1. The smallest absolute Gasteiger partial charge is 0.291 e. The van der Waals surface area contributed by atoms with Crippen LogP contribution >= 0.6 is 11.8 Å². The maximum atomic E-state index is 13.5. The lowest BCUT2D eigenvalue weighted by atomic mass is 10.1. The first-order valence-corrected chi connectivity index (χ1v) is 8.59. The van der Waals surface area contributed by atoms with Crippen LogP contribution in [0.5, 0.6) is 0 Å². The number of amides is 1. The number of nitrogens with zero attached hydrogens (tertiary/aromatic N) is 1. The van der Waals surface area contributed by atoms with E-state index in [0.717, 1.165) is 22.5 Å². The Bertz CT molecular complexity index is 1070. The topological polar surface area (TPSA) is 51.1 Å². The summed E-state index contributed by atoms with van der Waals surface area (Å²) in [6, 6.07) is 10.9. The number of para-hydroxylation sites is 1. The molecule has 0 spiro atoms. The normalized spacial score (nSPS) is 15.8. The van der Waals surface area contributed by atoms with Crippen LogP contribution < -0.4 is 5.32 Å². The number of benzene rings is 2. The van der Waals surface area contributed by atoms with Crippen molar-refractivity contribution in [1.82, 2.24) is 9.88 Å². The summed E-state index contributed by atoms with van der Waals surface area (Å²) in [6.45, 7) is 0.271. The van der Waals surface area contributed by atoms with Gasteiger partial charge in [-0.3, -0.25) is 9.59 Å². The van der Waals surface area contributed by atoms with Gasteiger partial charge in [-0.15, -0.1) is 0 Å². The highest BCUT2D eigenvalue weighted by atomic mass is 32.2. The number of hydrogen-bond donors (Lipinski definition) is 1. The fourth-order valence-corrected chi connectivity index (χ4v) is 3.55. The molecule has 0 aliphatic carbocycles. The van der Waals surface area contributed by atoms with E-state index in [1.165, 1.54) is 12.1 Å². The van der Waals surface area contributed by atoms with E-state index in [1.807, 2.05) is 28.8 Å². The number of fused-ring (bicyclic) bond motifs is 1. The van der Waals surface area contributed by atoms with E-state index >= 15 is 0 Å². The molecule has 4 nitrogen and oxygen atoms in total. The van der Waals surface area contributed by atoms with Crippen molar-refractivity contribution in [2.75, 3.05) is 0 Å². The first kappa shape index (κ1) is 16.5. The van der Waals surface area contributed by atoms with Crippen LogP contribution in [0.25, 0.3) is 17.0 Å². The minimum absolute atomic E-state index is 0.222. The van der Waals surface area contributed by atoms with Gasteiger partial charge in [0, 0.05) is 47.0 Å². The molecule has 130 valence electrons. The van der Waals surface area contributed by atoms with Crippen LogP contribution in [0.2, 0.25) is 0 Å². The maximum absolute atomic E-state index is 13.5. The second-order valence-corrected chi connectivity index (χ2v) is 6.81. The molecule has 26 heavy (non-hydrogen) atoms. The summed E-state index contributed by atoms with van der Waals surface area (Å²) in [5, 5.41) is 2.65. The molecule has 2 heterocycles. The largest absolute Gasteiger partial charge is 0.342 e. The molecule has 0 saturated carbocycles. The van der Waals surface area contributed by atoms with Crippen LogP contribution in [-0.2, 0) is 11.3 Å². The lowest BCUT2D eigenvalue weighted by Gasteiger charge is -2.06. The highest BCUT2D eigenvalue weighted by molar-refractivity contribution is 8.27. The van der Waals surface area contributed by atoms with Crippen molar-refractivity contribution in [2.45, 2.75) is 6.54 Å². The van der Waals surface area contributed by atoms with E-state index in [0.29, 0.717) is 17.3 Å². The minimum atomic E-state index is -0.630. The van der Waals surface area contributed by atoms with Crippen LogP contribution in [0.1, 0.15) is 11.1 Å². The maximum Gasteiger partial charge on any atom is 0.291 e. The van der Waals surface area contributed by atoms with Gasteiger partial charge in [-0.25, -0.2) is 8.78 Å². The number of aromatic nitrogens is 1. The van der Waals surface area contributed by atoms with Gasteiger partial charge >= 0.3 is 0 Å². The van der Waals surface area contributed by atoms with Crippen LogP contribution in [-0.4, -0.2) is 14.9 Å². The van der Waals surface area contributed by atoms with Crippen molar-refractivity contribution in [2.24, 2.45) is 0 Å². The molecule has 1 fully saturated rings. The van der Waals surface area contributed by atoms with E-state index in [4.69, 9.17) is 0 Å². The quantitative estimate of drug-likeness (QED) is 0.700. The molecule has 1 aliphatic rings. The molecule has 7 heteroatoms. The second kappa shape index (κ2) is 6.42. The lowest BCUT2D eigenvalue weighted by molar-refractivity contribution is -0.107. The molecule has 0 atom stereocenters. The number of halogens is 2. The summed E-state index contributed by atoms with van der Waals surface area (Å²) in [7, 11) is 0. The lowest BCUT2D eigenvalue weighted by Crippen LogP contribution is -2.10. The molecule has 0 radical (unpaired) electrons. The van der Waals surface area contributed by atoms with Crippen LogP contribution in [0.3, 0.4) is 0 Å². The van der Waals surface area contributed by atoms with Gasteiger partial charge in [0.25, 0.3) is 5.24 Å². The van der Waals surface area contributed by atoms with E-state index in [2.05, 4.69) is 5.32 Å². The number of nitrogens with one attached hydrogen (secondary N) is 1. The third kappa shape index (κ3) is 3.13. The van der Waals surface area contributed by atoms with Crippen molar-refractivity contribution in [1.29, 1.82) is 0 Å². The third-order valence-corrected chi connectivity index (χ3v) is 4.73. The van der Waals surface area contributed by atoms with Crippen LogP contribution in [0.15, 0.2) is 54.4 Å². The molecule has 3 aromatic rings. The molecule has 0 bridgehead atoms. The van der Waals surface area contributed by atoms with E-state index in [9.17, 15) is 18.4 Å². The molecular weight excluding hydrogens is 358 g/mol. The van der Waals surface area contributed by atoms with E-state index in [-0.39, 0.29) is 17.4 Å². The second-order valence-electron chi connectivity index (χ2n) is 5.87. The molecule has 1 N–H and O–H groups in total. The molecule has 1 amide bonds. The molecule has 1 aromatic heterocycles. The molecule has 2 aromatic carbocycles. The number of carbonyl (C=O) groups excluding carboxylic acids is 2. The number of hydrogen-bond acceptors (Lipinski definition) is 3. The zero-order valence-electron chi connectivity index (χ0n) is 13.3. The zero-order valence-corrected chi connectivity index (χ0v) is 14.1. The molecule has 0 unspecified atom stereocenters. The van der Waals surface area contributed by atoms with E-state index < -0.39 is 16.9 Å². The first-order valence-electron chi connectivity index (χ1n) is 7.77. The monoisotopic (exact) mass is 370 g/mol. The Balaban J connectivity index is 1.78. The fraction of sp³-hybridized carbons (Fsp3) is 0.0526. The SMILES string of the molecule is O=C1NC(=Cc2cn(Cc3cc(F)cc(F)c3)c3ccccc23)C(=O)S1. The number of carbonyl (C=O) groups is 2. The van der Waals surface area contributed by atoms with Gasteiger partial charge in [0.15, 0.2) is 0 Å². The van der Waals surface area contributed by atoms with Crippen LogP contribution in [0, 0.1) is 11.6 Å². The van der Waals surface area contributed by atoms with Crippen LogP contribution in [0.4, 0.5) is 13.6 Å². The summed E-state index contributed by atoms with van der Waals surface area (Å²) in [6.07, 6.45) is 3.41. The number of rotatable bonds is 3. The van der Waals surface area contributed by atoms with Crippen molar-refractivity contribution >= 4 is 39.1 Å². The van der Waals surface area contributed by atoms with Crippen molar-refractivity contribution < 1.29 is 18.4 Å². The fourth-order valence-electron chi connectivity index (χ4n) is 3.00. The highest BCUT2D eigenvalue weighted by Crippen LogP contribution is 2.27. The summed E-state index contributed by atoms with van der Waals surface area (Å²) in [5.74, 6) is -1.26. The average molecular weight is 370 g/mol. The Hall–Kier alpha value is -2.93. The molecule has 4 rings (SSSR count). The third-order valence-electron chi connectivity index (χ3n) is 4.04. The van der Waals surface area contributed by atoms with Crippen molar-refractivity contribution in [3.05, 3.63) is 77.1 Å². The Labute approximate surface area is 151 Å². The Kier molecular flexibility index (Phi) is 4.08. The molecule has 1 saturated heterocycles.